The molecule has 4 heteroatoms. The molecule has 0 bridgehead atoms. The van der Waals surface area contributed by atoms with E-state index in [4.69, 9.17) is 15.7 Å². The molecule has 1 aromatic rings. The Morgan fingerprint density at radius 3 is 2.17 bits per heavy atom. The van der Waals surface area contributed by atoms with E-state index in [9.17, 15) is 4.39 Å². The van der Waals surface area contributed by atoms with E-state index >= 15 is 0 Å². The fraction of sp³-hybridized carbons (Fsp3) is 0.429. The maximum atomic E-state index is 13.9. The molecule has 0 N–H and O–H groups in total. The minimum absolute atomic E-state index is 0.382. The van der Waals surface area contributed by atoms with E-state index < -0.39 is 24.1 Å². The van der Waals surface area contributed by atoms with Crippen LogP contribution in [0.5, 0.6) is 0 Å². The molecular weight excluding hydrogens is 230 g/mol. The van der Waals surface area contributed by atoms with Crippen LogP contribution in [0.3, 0.4) is 0 Å². The molecular formula is C14H16BFO2. The summed E-state index contributed by atoms with van der Waals surface area (Å²) in [5.41, 5.74) is -0.0653. The Labute approximate surface area is 108 Å². The van der Waals surface area contributed by atoms with Gasteiger partial charge in [-0.25, -0.2) is 4.39 Å². The zero-order valence-electron chi connectivity index (χ0n) is 11.1. The molecule has 0 saturated carbocycles. The number of benzene rings is 1. The third-order valence-corrected chi connectivity index (χ3v) is 3.67. The van der Waals surface area contributed by atoms with Gasteiger partial charge in [-0.3, -0.25) is 0 Å². The number of halogens is 1. The van der Waals surface area contributed by atoms with Crippen LogP contribution in [0.15, 0.2) is 18.2 Å². The molecule has 2 nitrogen and oxygen atoms in total. The van der Waals surface area contributed by atoms with E-state index in [-0.39, 0.29) is 0 Å². The molecule has 1 saturated heterocycles. The van der Waals surface area contributed by atoms with Crippen molar-refractivity contribution in [2.24, 2.45) is 0 Å². The quantitative estimate of drug-likeness (QED) is 0.558. The topological polar surface area (TPSA) is 18.5 Å². The van der Waals surface area contributed by atoms with Crippen LogP contribution >= 0.6 is 0 Å². The molecule has 94 valence electrons. The van der Waals surface area contributed by atoms with E-state index in [2.05, 4.69) is 5.92 Å². The molecule has 18 heavy (non-hydrogen) atoms. The van der Waals surface area contributed by atoms with Gasteiger partial charge in [0.05, 0.1) is 11.2 Å². The first-order chi connectivity index (χ1) is 8.27. The van der Waals surface area contributed by atoms with Gasteiger partial charge in [-0.05, 0) is 39.8 Å². The summed E-state index contributed by atoms with van der Waals surface area (Å²) < 4.78 is 25.5. The van der Waals surface area contributed by atoms with Gasteiger partial charge in [0.25, 0.3) is 0 Å². The predicted molar refractivity (Wildman–Crippen MR) is 70.1 cm³/mol. The van der Waals surface area contributed by atoms with Crippen LogP contribution in [0.4, 0.5) is 4.39 Å². The second-order valence-corrected chi connectivity index (χ2v) is 5.47. The Morgan fingerprint density at radius 2 is 1.72 bits per heavy atom. The molecule has 1 fully saturated rings. The number of terminal acetylenes is 1. The Kier molecular flexibility index (Phi) is 3.00. The average molecular weight is 246 g/mol. The average Bonchev–Trinajstić information content (AvgIpc) is 2.47. The first-order valence-corrected chi connectivity index (χ1v) is 5.88. The van der Waals surface area contributed by atoms with Crippen LogP contribution < -0.4 is 5.46 Å². The summed E-state index contributed by atoms with van der Waals surface area (Å²) in [6.45, 7) is 7.73. The predicted octanol–water partition coefficient (Wildman–Crippen LogP) is 2.11. The summed E-state index contributed by atoms with van der Waals surface area (Å²) >= 11 is 0. The van der Waals surface area contributed by atoms with Crippen molar-refractivity contribution in [3.8, 4) is 12.3 Å². The van der Waals surface area contributed by atoms with Crippen molar-refractivity contribution in [2.45, 2.75) is 38.9 Å². The van der Waals surface area contributed by atoms with E-state index in [1.165, 1.54) is 6.07 Å². The standard InChI is InChI=1S/C14H16BFO2/c1-6-10-7-8-11(12(16)9-10)15-17-13(2,3)14(4,5)18-15/h1,7-9H,2-5H3. The Balaban J connectivity index is 2.33. The fourth-order valence-corrected chi connectivity index (χ4v) is 1.78. The van der Waals surface area contributed by atoms with Gasteiger partial charge in [0.2, 0.25) is 0 Å². The van der Waals surface area contributed by atoms with Crippen LogP contribution in [-0.2, 0) is 9.31 Å². The van der Waals surface area contributed by atoms with Crippen molar-refractivity contribution in [3.05, 3.63) is 29.6 Å². The molecule has 0 aliphatic carbocycles. The first-order valence-electron chi connectivity index (χ1n) is 5.88. The van der Waals surface area contributed by atoms with Gasteiger partial charge in [-0.15, -0.1) is 6.42 Å². The Hall–Kier alpha value is -1.31. The zero-order valence-corrected chi connectivity index (χ0v) is 11.1. The lowest BCUT2D eigenvalue weighted by atomic mass is 9.78. The third kappa shape index (κ3) is 2.05. The third-order valence-electron chi connectivity index (χ3n) is 3.67. The van der Waals surface area contributed by atoms with Crippen LogP contribution in [0.2, 0.25) is 0 Å². The highest BCUT2D eigenvalue weighted by atomic mass is 19.1. The van der Waals surface area contributed by atoms with E-state index in [1.807, 2.05) is 27.7 Å². The number of hydrogen-bond donors (Lipinski definition) is 0. The monoisotopic (exact) mass is 246 g/mol. The first kappa shape index (κ1) is 13.1. The molecule has 0 radical (unpaired) electrons. The maximum Gasteiger partial charge on any atom is 0.497 e. The fourth-order valence-electron chi connectivity index (χ4n) is 1.78. The highest BCUT2D eigenvalue weighted by molar-refractivity contribution is 6.62. The van der Waals surface area contributed by atoms with Crippen LogP contribution in [0.1, 0.15) is 33.3 Å². The Morgan fingerprint density at radius 1 is 1.17 bits per heavy atom. The van der Waals surface area contributed by atoms with Crippen LogP contribution in [0, 0.1) is 18.2 Å². The van der Waals surface area contributed by atoms with E-state index in [1.54, 1.807) is 12.1 Å². The van der Waals surface area contributed by atoms with Gasteiger partial charge in [-0.1, -0.05) is 12.0 Å². The summed E-state index contributed by atoms with van der Waals surface area (Å²) in [5.74, 6) is 2.00. The molecule has 1 aromatic carbocycles. The molecule has 2 rings (SSSR count). The van der Waals surface area contributed by atoms with Crippen molar-refractivity contribution in [2.75, 3.05) is 0 Å². The smallest absolute Gasteiger partial charge is 0.399 e. The molecule has 1 heterocycles. The second-order valence-electron chi connectivity index (χ2n) is 5.47. The van der Waals surface area contributed by atoms with Gasteiger partial charge in [0.15, 0.2) is 0 Å². The summed E-state index contributed by atoms with van der Waals surface area (Å²) in [6, 6.07) is 4.62. The molecule has 1 aliphatic heterocycles. The van der Waals surface area contributed by atoms with Crippen molar-refractivity contribution in [1.82, 2.24) is 0 Å². The van der Waals surface area contributed by atoms with Crippen LogP contribution in [-0.4, -0.2) is 18.3 Å². The summed E-state index contributed by atoms with van der Waals surface area (Å²) in [5, 5.41) is 0. The lowest BCUT2D eigenvalue weighted by Crippen LogP contribution is -2.41. The molecule has 0 amide bonds. The zero-order chi connectivity index (χ0) is 13.6. The lowest BCUT2D eigenvalue weighted by Gasteiger charge is -2.32. The summed E-state index contributed by atoms with van der Waals surface area (Å²) in [4.78, 5) is 0. The lowest BCUT2D eigenvalue weighted by molar-refractivity contribution is 0.00578. The largest absolute Gasteiger partial charge is 0.497 e. The van der Waals surface area contributed by atoms with Crippen molar-refractivity contribution in [1.29, 1.82) is 0 Å². The molecule has 0 unspecified atom stereocenters. The highest BCUT2D eigenvalue weighted by Crippen LogP contribution is 2.36. The second kappa shape index (κ2) is 4.12. The number of hydrogen-bond acceptors (Lipinski definition) is 2. The van der Waals surface area contributed by atoms with Gasteiger partial charge in [0, 0.05) is 11.0 Å². The molecule has 0 spiro atoms. The minimum Gasteiger partial charge on any atom is -0.399 e. The van der Waals surface area contributed by atoms with E-state index in [0.29, 0.717) is 11.0 Å². The number of rotatable bonds is 1. The van der Waals surface area contributed by atoms with E-state index in [0.717, 1.165) is 0 Å². The van der Waals surface area contributed by atoms with Gasteiger partial charge >= 0.3 is 7.12 Å². The summed E-state index contributed by atoms with van der Waals surface area (Å²) in [6.07, 6.45) is 5.23. The van der Waals surface area contributed by atoms with Gasteiger partial charge in [-0.2, -0.15) is 0 Å². The van der Waals surface area contributed by atoms with Crippen LogP contribution in [0.25, 0.3) is 0 Å². The normalized spacial score (nSPS) is 20.8. The van der Waals surface area contributed by atoms with Gasteiger partial charge < -0.3 is 9.31 Å². The highest BCUT2D eigenvalue weighted by Gasteiger charge is 2.52. The van der Waals surface area contributed by atoms with Gasteiger partial charge in [0.1, 0.15) is 5.82 Å². The molecule has 0 atom stereocenters. The Bertz CT molecular complexity index is 501. The van der Waals surface area contributed by atoms with Crippen molar-refractivity contribution in [3.63, 3.8) is 0 Å². The molecule has 1 aliphatic rings. The maximum absolute atomic E-state index is 13.9. The minimum atomic E-state index is -0.693. The SMILES string of the molecule is C#Cc1ccc(B2OC(C)(C)C(C)(C)O2)c(F)c1. The van der Waals surface area contributed by atoms with Crippen molar-refractivity contribution < 1.29 is 13.7 Å². The molecule has 0 aromatic heterocycles. The summed E-state index contributed by atoms with van der Waals surface area (Å²) in [7, 11) is -0.693. The van der Waals surface area contributed by atoms with Crippen molar-refractivity contribution >= 4 is 12.6 Å².